The topological polar surface area (TPSA) is 127 Å². The van der Waals surface area contributed by atoms with Gasteiger partial charge in [-0.25, -0.2) is 24.1 Å². The number of carbonyl (C=O) groups excluding carboxylic acids is 2. The van der Waals surface area contributed by atoms with Crippen LogP contribution in [-0.2, 0) is 16.1 Å². The van der Waals surface area contributed by atoms with E-state index in [9.17, 15) is 14.0 Å². The third-order valence-electron chi connectivity index (χ3n) is 6.12. The third-order valence-corrected chi connectivity index (χ3v) is 7.07. The van der Waals surface area contributed by atoms with Crippen molar-refractivity contribution >= 4 is 45.3 Å². The number of halogens is 1. The Hall–Kier alpha value is -4.13. The molecule has 1 saturated heterocycles. The van der Waals surface area contributed by atoms with E-state index in [0.717, 1.165) is 11.9 Å². The first-order valence-corrected chi connectivity index (χ1v) is 13.4. The molecule has 1 unspecified atom stereocenters. The van der Waals surface area contributed by atoms with Crippen LogP contribution in [0.4, 0.5) is 20.1 Å². The van der Waals surface area contributed by atoms with Crippen LogP contribution in [0.15, 0.2) is 43.2 Å². The Morgan fingerprint density at radius 2 is 2.05 bits per heavy atom. The molecule has 1 aliphatic heterocycles. The van der Waals surface area contributed by atoms with Gasteiger partial charge in [0.05, 0.1) is 29.1 Å². The second-order valence-electron chi connectivity index (χ2n) is 10.1. The lowest BCUT2D eigenvalue weighted by atomic mass is 10.2. The summed E-state index contributed by atoms with van der Waals surface area (Å²) in [5.74, 6) is -0.0472. The predicted octanol–water partition coefficient (Wildman–Crippen LogP) is 4.35. The summed E-state index contributed by atoms with van der Waals surface area (Å²) < 4.78 is 21.4. The largest absolute Gasteiger partial charge is 0.444 e. The van der Waals surface area contributed by atoms with E-state index in [0.29, 0.717) is 53.0 Å². The zero-order chi connectivity index (χ0) is 27.6. The number of likely N-dealkylation sites (tertiary alicyclic amines) is 1. The van der Waals surface area contributed by atoms with Crippen LogP contribution < -0.4 is 10.6 Å². The van der Waals surface area contributed by atoms with Crippen LogP contribution in [0.25, 0.3) is 21.5 Å². The maximum absolute atomic E-state index is 14.1. The number of anilines is 2. The maximum atomic E-state index is 14.1. The van der Waals surface area contributed by atoms with Crippen molar-refractivity contribution in [2.75, 3.05) is 18.4 Å². The zero-order valence-corrected chi connectivity index (χ0v) is 22.7. The first-order chi connectivity index (χ1) is 18.7. The van der Waals surface area contributed by atoms with Gasteiger partial charge in [0.15, 0.2) is 5.13 Å². The lowest BCUT2D eigenvalue weighted by molar-refractivity contribution is -0.125. The monoisotopic (exact) mass is 552 g/mol. The summed E-state index contributed by atoms with van der Waals surface area (Å²) in [5.41, 5.74) is 1.35. The molecule has 1 fully saturated rings. The van der Waals surface area contributed by atoms with Crippen molar-refractivity contribution in [1.82, 2.24) is 34.7 Å². The molecule has 4 aromatic rings. The van der Waals surface area contributed by atoms with Crippen LogP contribution in [0.1, 0.15) is 33.6 Å². The molecular formula is C26H29FN8O3S. The highest BCUT2D eigenvalue weighted by Gasteiger charge is 2.36. The highest BCUT2D eigenvalue weighted by Crippen LogP contribution is 2.32. The number of aromatic nitrogens is 5. The smallest absolute Gasteiger partial charge is 0.410 e. The van der Waals surface area contributed by atoms with Crippen molar-refractivity contribution in [2.45, 2.75) is 51.8 Å². The highest BCUT2D eigenvalue weighted by molar-refractivity contribution is 7.18. The minimum atomic E-state index is -0.620. The van der Waals surface area contributed by atoms with Crippen LogP contribution in [0, 0.1) is 5.82 Å². The Kier molecular flexibility index (Phi) is 7.42. The Bertz CT molecular complexity index is 1500. The molecule has 5 heterocycles. The summed E-state index contributed by atoms with van der Waals surface area (Å²) >= 11 is 1.30. The molecule has 1 aliphatic rings. The molecule has 5 rings (SSSR count). The quantitative estimate of drug-likeness (QED) is 0.347. The summed E-state index contributed by atoms with van der Waals surface area (Å²) in [5, 5.41) is 6.67. The zero-order valence-electron chi connectivity index (χ0n) is 21.8. The lowest BCUT2D eigenvalue weighted by Crippen LogP contribution is -2.48. The van der Waals surface area contributed by atoms with Crippen molar-refractivity contribution in [3.8, 4) is 10.4 Å². The minimum absolute atomic E-state index is 0.197. The van der Waals surface area contributed by atoms with Crippen LogP contribution >= 0.6 is 11.3 Å². The summed E-state index contributed by atoms with van der Waals surface area (Å²) in [4.78, 5) is 44.5. The van der Waals surface area contributed by atoms with Gasteiger partial charge in [-0.2, -0.15) is 0 Å². The molecule has 0 radical (unpaired) electrons. The first-order valence-electron chi connectivity index (χ1n) is 12.6. The van der Waals surface area contributed by atoms with Crippen LogP contribution in [-0.4, -0.2) is 66.1 Å². The normalized spacial score (nSPS) is 15.5. The molecule has 1 atom stereocenters. The number of nitrogens with zero attached hydrogens (tertiary/aromatic N) is 6. The van der Waals surface area contributed by atoms with Gasteiger partial charge in [-0.15, -0.1) is 0 Å². The van der Waals surface area contributed by atoms with Gasteiger partial charge in [-0.05, 0) is 39.7 Å². The molecule has 0 aliphatic carbocycles. The van der Waals surface area contributed by atoms with Crippen molar-refractivity contribution < 1.29 is 18.7 Å². The number of hydrogen-bond donors (Lipinski definition) is 2. The molecule has 11 nitrogen and oxygen atoms in total. The van der Waals surface area contributed by atoms with Gasteiger partial charge < -0.3 is 19.9 Å². The molecule has 0 aromatic carbocycles. The van der Waals surface area contributed by atoms with Crippen molar-refractivity contribution in [3.05, 3.63) is 49.1 Å². The average molecular weight is 553 g/mol. The fourth-order valence-electron chi connectivity index (χ4n) is 4.34. The minimum Gasteiger partial charge on any atom is -0.444 e. The molecule has 2 amide bonds. The average Bonchev–Trinajstić information content (AvgIpc) is 3.63. The van der Waals surface area contributed by atoms with Gasteiger partial charge in [-0.1, -0.05) is 11.3 Å². The SMILES string of the molecule is CC(C)(C)OC(=O)N1CCCC1C(=O)NCCn1cnc2cnc(Nc3ncc(-c4ccncc4F)s3)cc21. The van der Waals surface area contributed by atoms with E-state index in [1.54, 1.807) is 45.6 Å². The molecule has 0 spiro atoms. The van der Waals surface area contributed by atoms with Gasteiger partial charge >= 0.3 is 6.09 Å². The maximum Gasteiger partial charge on any atom is 0.410 e. The number of fused-ring (bicyclic) bond motifs is 1. The standard InChI is InChI=1S/C26H29FN8O3S/c1-26(2,3)38-25(37)35-9-4-5-19(35)23(36)29-8-10-34-15-32-18-13-30-22(11-20(18)34)33-24-31-14-21(39-24)16-6-7-28-12-17(16)27/h6-7,11-15,19H,4-5,8-10H2,1-3H3,(H,29,36)(H,30,31,33). The van der Waals surface area contributed by atoms with Crippen LogP contribution in [0.5, 0.6) is 0 Å². The number of hydrogen-bond acceptors (Lipinski definition) is 9. The van der Waals surface area contributed by atoms with Gasteiger partial charge in [0.25, 0.3) is 0 Å². The predicted molar refractivity (Wildman–Crippen MR) is 145 cm³/mol. The fraction of sp³-hybridized carbons (Fsp3) is 0.385. The number of thiazole rings is 1. The van der Waals surface area contributed by atoms with E-state index in [2.05, 4.69) is 30.6 Å². The molecular weight excluding hydrogens is 523 g/mol. The van der Waals surface area contributed by atoms with Crippen molar-refractivity contribution in [1.29, 1.82) is 0 Å². The van der Waals surface area contributed by atoms with Crippen LogP contribution in [0.2, 0.25) is 0 Å². The summed E-state index contributed by atoms with van der Waals surface area (Å²) in [7, 11) is 0. The number of carbonyl (C=O) groups is 2. The summed E-state index contributed by atoms with van der Waals surface area (Å²) in [6.07, 6.45) is 8.55. The lowest BCUT2D eigenvalue weighted by Gasteiger charge is -2.28. The molecule has 39 heavy (non-hydrogen) atoms. The number of amides is 2. The van der Waals surface area contributed by atoms with Crippen molar-refractivity contribution in [2.24, 2.45) is 0 Å². The van der Waals surface area contributed by atoms with Gasteiger partial charge in [0.1, 0.15) is 28.8 Å². The third kappa shape index (κ3) is 6.14. The van der Waals surface area contributed by atoms with E-state index in [-0.39, 0.29) is 5.91 Å². The number of imidazole rings is 1. The molecule has 0 bridgehead atoms. The second kappa shape index (κ2) is 10.9. The van der Waals surface area contributed by atoms with E-state index >= 15 is 0 Å². The number of rotatable bonds is 7. The van der Waals surface area contributed by atoms with E-state index in [4.69, 9.17) is 4.74 Å². The number of nitrogens with one attached hydrogen (secondary N) is 2. The summed E-state index contributed by atoms with van der Waals surface area (Å²) in [6, 6.07) is 2.92. The highest BCUT2D eigenvalue weighted by atomic mass is 32.1. The summed E-state index contributed by atoms with van der Waals surface area (Å²) in [6.45, 7) is 6.76. The van der Waals surface area contributed by atoms with E-state index in [1.807, 2.05) is 10.6 Å². The Balaban J connectivity index is 1.21. The molecule has 204 valence electrons. The van der Waals surface area contributed by atoms with Gasteiger partial charge in [0, 0.05) is 43.7 Å². The number of ether oxygens (including phenoxy) is 1. The van der Waals surface area contributed by atoms with Gasteiger partial charge in [-0.3, -0.25) is 14.7 Å². The molecule has 2 N–H and O–H groups in total. The Labute approximate surface area is 228 Å². The number of pyridine rings is 2. The molecule has 0 saturated carbocycles. The first kappa shape index (κ1) is 26.5. The molecule has 4 aromatic heterocycles. The van der Waals surface area contributed by atoms with E-state index < -0.39 is 23.6 Å². The second-order valence-corrected chi connectivity index (χ2v) is 11.2. The Morgan fingerprint density at radius 1 is 1.21 bits per heavy atom. The van der Waals surface area contributed by atoms with Crippen LogP contribution in [0.3, 0.4) is 0 Å². The molecule has 13 heteroatoms. The van der Waals surface area contributed by atoms with Gasteiger partial charge in [0.2, 0.25) is 5.91 Å². The Morgan fingerprint density at radius 3 is 2.85 bits per heavy atom. The van der Waals surface area contributed by atoms with E-state index in [1.165, 1.54) is 28.6 Å². The van der Waals surface area contributed by atoms with Crippen molar-refractivity contribution in [3.63, 3.8) is 0 Å². The fourth-order valence-corrected chi connectivity index (χ4v) is 5.19.